The molecule has 1 unspecified atom stereocenters. The molecule has 0 aromatic heterocycles. The van der Waals surface area contributed by atoms with E-state index >= 15 is 0 Å². The Morgan fingerprint density at radius 2 is 2.00 bits per heavy atom. The lowest BCUT2D eigenvalue weighted by atomic mass is 9.97. The number of nitrogens with one attached hydrogen (secondary N) is 3. The summed E-state index contributed by atoms with van der Waals surface area (Å²) < 4.78 is 1.09. The van der Waals surface area contributed by atoms with Gasteiger partial charge in [-0.1, -0.05) is 33.6 Å². The number of nitrogens with zero attached hydrogens (tertiary/aromatic N) is 1. The van der Waals surface area contributed by atoms with Crippen LogP contribution in [0.3, 0.4) is 0 Å². The number of hydrogen-bond donors (Lipinski definition) is 3. The third-order valence-electron chi connectivity index (χ3n) is 4.47. The van der Waals surface area contributed by atoms with Crippen molar-refractivity contribution in [3.05, 3.63) is 68.8 Å². The number of hydrogen-bond acceptors (Lipinski definition) is 4. The summed E-state index contributed by atoms with van der Waals surface area (Å²) in [6.07, 6.45) is 0.984. The van der Waals surface area contributed by atoms with Gasteiger partial charge in [0.25, 0.3) is 0 Å². The molecule has 24 heavy (non-hydrogen) atoms. The van der Waals surface area contributed by atoms with E-state index in [0.29, 0.717) is 0 Å². The fraction of sp³-hybridized carbons (Fsp3) is 0.222. The van der Waals surface area contributed by atoms with Gasteiger partial charge in [0.1, 0.15) is 0 Å². The molecule has 3 N–H and O–H groups in total. The molecule has 2 aliphatic heterocycles. The standard InChI is InChI=1S/C18H18BrClN4/c1-11-18-15-7-2-12(19)10-16(15)17(8-9-24(18)23-22-11)21-14-5-3-13(20)4-6-14/h2-7,10,17,21-23H,8-9H2,1H3. The summed E-state index contributed by atoms with van der Waals surface area (Å²) in [5, 5.41) is 6.60. The Hall–Kier alpha value is -1.69. The van der Waals surface area contributed by atoms with Crippen LogP contribution < -0.4 is 16.3 Å². The number of halogens is 2. The highest BCUT2D eigenvalue weighted by atomic mass is 79.9. The van der Waals surface area contributed by atoms with Crippen molar-refractivity contribution in [1.82, 2.24) is 16.0 Å². The van der Waals surface area contributed by atoms with E-state index in [1.54, 1.807) is 0 Å². The predicted octanol–water partition coefficient (Wildman–Crippen LogP) is 4.67. The number of rotatable bonds is 2. The van der Waals surface area contributed by atoms with Gasteiger partial charge >= 0.3 is 0 Å². The number of fused-ring (bicyclic) bond motifs is 3. The Kier molecular flexibility index (Phi) is 4.16. The second kappa shape index (κ2) is 6.31. The maximum atomic E-state index is 6.00. The molecule has 0 saturated carbocycles. The topological polar surface area (TPSA) is 39.3 Å². The molecule has 0 amide bonds. The molecule has 0 fully saturated rings. The minimum absolute atomic E-state index is 0.228. The zero-order valence-electron chi connectivity index (χ0n) is 13.2. The summed E-state index contributed by atoms with van der Waals surface area (Å²) in [7, 11) is 0. The fourth-order valence-corrected chi connectivity index (χ4v) is 3.84. The van der Waals surface area contributed by atoms with Crippen LogP contribution >= 0.6 is 27.5 Å². The summed E-state index contributed by atoms with van der Waals surface area (Å²) in [6.45, 7) is 3.01. The van der Waals surface area contributed by atoms with Crippen molar-refractivity contribution in [2.75, 3.05) is 11.9 Å². The Balaban J connectivity index is 1.75. The van der Waals surface area contributed by atoms with E-state index in [1.165, 1.54) is 16.8 Å². The number of hydrazine groups is 2. The minimum atomic E-state index is 0.228. The minimum Gasteiger partial charge on any atom is -0.378 e. The van der Waals surface area contributed by atoms with E-state index in [4.69, 9.17) is 11.6 Å². The van der Waals surface area contributed by atoms with Gasteiger partial charge in [0.05, 0.1) is 17.4 Å². The zero-order valence-corrected chi connectivity index (χ0v) is 15.6. The summed E-state index contributed by atoms with van der Waals surface area (Å²) in [6, 6.07) is 14.6. The lowest BCUT2D eigenvalue weighted by Crippen LogP contribution is -2.37. The number of anilines is 1. The van der Waals surface area contributed by atoms with E-state index in [-0.39, 0.29) is 6.04 Å². The van der Waals surface area contributed by atoms with Gasteiger partial charge in [-0.05, 0) is 55.3 Å². The van der Waals surface area contributed by atoms with Crippen molar-refractivity contribution in [3.8, 4) is 0 Å². The van der Waals surface area contributed by atoms with Gasteiger partial charge in [-0.2, -0.15) is 0 Å². The van der Waals surface area contributed by atoms with E-state index in [2.05, 4.69) is 62.3 Å². The largest absolute Gasteiger partial charge is 0.378 e. The van der Waals surface area contributed by atoms with Crippen LogP contribution in [0.4, 0.5) is 5.69 Å². The van der Waals surface area contributed by atoms with Gasteiger partial charge in [0.2, 0.25) is 0 Å². The van der Waals surface area contributed by atoms with Gasteiger partial charge in [0.15, 0.2) is 0 Å². The maximum absolute atomic E-state index is 6.00. The molecule has 0 spiro atoms. The first-order chi connectivity index (χ1) is 11.6. The van der Waals surface area contributed by atoms with Crippen molar-refractivity contribution in [1.29, 1.82) is 0 Å². The molecule has 2 aliphatic rings. The highest BCUT2D eigenvalue weighted by Crippen LogP contribution is 2.38. The van der Waals surface area contributed by atoms with Gasteiger partial charge in [-0.3, -0.25) is 5.01 Å². The zero-order chi connectivity index (χ0) is 16.7. The molecule has 0 bridgehead atoms. The molecule has 6 heteroatoms. The van der Waals surface area contributed by atoms with Crippen LogP contribution in [-0.4, -0.2) is 11.6 Å². The lowest BCUT2D eigenvalue weighted by Gasteiger charge is -2.21. The van der Waals surface area contributed by atoms with Gasteiger partial charge in [-0.15, -0.1) is 5.53 Å². The lowest BCUT2D eigenvalue weighted by molar-refractivity contribution is 0.281. The van der Waals surface area contributed by atoms with Gasteiger partial charge in [0, 0.05) is 27.3 Å². The molecule has 2 aromatic rings. The third-order valence-corrected chi connectivity index (χ3v) is 5.22. The van der Waals surface area contributed by atoms with Crippen LogP contribution in [0.15, 0.2) is 52.6 Å². The Labute approximate surface area is 154 Å². The van der Waals surface area contributed by atoms with Gasteiger partial charge in [-0.25, -0.2) is 0 Å². The van der Waals surface area contributed by atoms with Crippen molar-refractivity contribution >= 4 is 38.9 Å². The monoisotopic (exact) mass is 404 g/mol. The Morgan fingerprint density at radius 3 is 2.79 bits per heavy atom. The molecular formula is C18H18BrClN4. The second-order valence-electron chi connectivity index (χ2n) is 6.09. The highest BCUT2D eigenvalue weighted by Gasteiger charge is 2.30. The first-order valence-electron chi connectivity index (χ1n) is 7.94. The van der Waals surface area contributed by atoms with Crippen molar-refractivity contribution < 1.29 is 0 Å². The van der Waals surface area contributed by atoms with E-state index in [1.807, 2.05) is 24.3 Å². The molecule has 4 rings (SSSR count). The molecule has 4 nitrogen and oxygen atoms in total. The summed E-state index contributed by atoms with van der Waals surface area (Å²) in [5.74, 6) is 0. The Morgan fingerprint density at radius 1 is 1.21 bits per heavy atom. The molecule has 0 saturated heterocycles. The van der Waals surface area contributed by atoms with Crippen LogP contribution in [0, 0.1) is 0 Å². The van der Waals surface area contributed by atoms with Crippen molar-refractivity contribution in [3.63, 3.8) is 0 Å². The predicted molar refractivity (Wildman–Crippen MR) is 102 cm³/mol. The molecule has 2 heterocycles. The number of benzene rings is 2. The highest BCUT2D eigenvalue weighted by molar-refractivity contribution is 9.10. The van der Waals surface area contributed by atoms with Crippen molar-refractivity contribution in [2.45, 2.75) is 19.4 Å². The quantitative estimate of drug-likeness (QED) is 0.679. The normalized spacial score (nSPS) is 19.5. The molecule has 1 atom stereocenters. The van der Waals surface area contributed by atoms with Crippen LogP contribution in [0.1, 0.15) is 30.5 Å². The average molecular weight is 406 g/mol. The van der Waals surface area contributed by atoms with Crippen LogP contribution in [-0.2, 0) is 0 Å². The first kappa shape index (κ1) is 15.8. The summed E-state index contributed by atoms with van der Waals surface area (Å²) in [5.41, 5.74) is 12.5. The van der Waals surface area contributed by atoms with Gasteiger partial charge < -0.3 is 10.7 Å². The molecule has 124 valence electrons. The van der Waals surface area contributed by atoms with E-state index < -0.39 is 0 Å². The molecular weight excluding hydrogens is 388 g/mol. The fourth-order valence-electron chi connectivity index (χ4n) is 3.33. The van der Waals surface area contributed by atoms with Crippen LogP contribution in [0.25, 0.3) is 5.70 Å². The summed E-state index contributed by atoms with van der Waals surface area (Å²) in [4.78, 5) is 0. The molecule has 2 aromatic carbocycles. The Bertz CT molecular complexity index is 803. The van der Waals surface area contributed by atoms with Crippen molar-refractivity contribution in [2.24, 2.45) is 0 Å². The maximum Gasteiger partial charge on any atom is 0.0814 e. The number of allylic oxidation sites excluding steroid dienone is 1. The molecule has 0 aliphatic carbocycles. The van der Waals surface area contributed by atoms with E-state index in [9.17, 15) is 0 Å². The third kappa shape index (κ3) is 2.88. The molecule has 0 radical (unpaired) electrons. The average Bonchev–Trinajstić information content (AvgIpc) is 2.86. The van der Waals surface area contributed by atoms with Crippen LogP contribution in [0.2, 0.25) is 5.02 Å². The first-order valence-corrected chi connectivity index (χ1v) is 9.11. The van der Waals surface area contributed by atoms with E-state index in [0.717, 1.165) is 33.8 Å². The van der Waals surface area contributed by atoms with Crippen LogP contribution in [0.5, 0.6) is 0 Å². The SMILES string of the molecule is CC1=C2c3ccc(Br)cc3C(Nc3ccc(Cl)cc3)CCN2NN1. The summed E-state index contributed by atoms with van der Waals surface area (Å²) >= 11 is 9.62. The smallest absolute Gasteiger partial charge is 0.0814 e. The second-order valence-corrected chi connectivity index (χ2v) is 7.44.